The van der Waals surface area contributed by atoms with Gasteiger partial charge in [0.15, 0.2) is 5.96 Å². The number of imide groups is 1. The SMILES string of the molecule is CCNC(=NCCN1C(=O)c2ccccc2C1=O)N1CCN(C(C)C(F)(F)F)CC1.I. The molecule has 1 N–H and O–H groups in total. The summed E-state index contributed by atoms with van der Waals surface area (Å²) in [6.45, 7) is 5.44. The summed E-state index contributed by atoms with van der Waals surface area (Å²) in [5.74, 6) is -0.0791. The third kappa shape index (κ3) is 5.68. The van der Waals surface area contributed by atoms with Crippen LogP contribution in [-0.4, -0.2) is 90.5 Å². The lowest BCUT2D eigenvalue weighted by Crippen LogP contribution is -2.56. The van der Waals surface area contributed by atoms with E-state index in [4.69, 9.17) is 0 Å². The Morgan fingerprint density at radius 3 is 2.13 bits per heavy atom. The zero-order chi connectivity index (χ0) is 21.9. The zero-order valence-electron chi connectivity index (χ0n) is 17.5. The second-order valence-electron chi connectivity index (χ2n) is 7.28. The van der Waals surface area contributed by atoms with Crippen LogP contribution in [-0.2, 0) is 0 Å². The number of guanidine groups is 1. The third-order valence-corrected chi connectivity index (χ3v) is 5.43. The molecule has 0 radical (unpaired) electrons. The van der Waals surface area contributed by atoms with Crippen molar-refractivity contribution in [1.82, 2.24) is 20.0 Å². The van der Waals surface area contributed by atoms with Crippen molar-refractivity contribution < 1.29 is 22.8 Å². The normalized spacial score (nSPS) is 18.7. The maximum atomic E-state index is 12.9. The molecule has 7 nitrogen and oxygen atoms in total. The average molecular weight is 553 g/mol. The van der Waals surface area contributed by atoms with Crippen molar-refractivity contribution in [3.05, 3.63) is 35.4 Å². The minimum Gasteiger partial charge on any atom is -0.357 e. The molecule has 1 unspecified atom stereocenters. The van der Waals surface area contributed by atoms with Gasteiger partial charge in [-0.2, -0.15) is 13.2 Å². The largest absolute Gasteiger partial charge is 0.403 e. The number of amides is 2. The summed E-state index contributed by atoms with van der Waals surface area (Å²) in [5, 5.41) is 3.14. The van der Waals surface area contributed by atoms with E-state index in [1.807, 2.05) is 11.8 Å². The molecule has 172 valence electrons. The number of rotatable bonds is 5. The number of nitrogens with one attached hydrogen (secondary N) is 1. The van der Waals surface area contributed by atoms with Crippen LogP contribution in [0, 0.1) is 0 Å². The first kappa shape index (κ1) is 25.4. The molecule has 1 aromatic rings. The van der Waals surface area contributed by atoms with Crippen LogP contribution in [0.4, 0.5) is 13.2 Å². The van der Waals surface area contributed by atoms with Crippen LogP contribution < -0.4 is 5.32 Å². The summed E-state index contributed by atoms with van der Waals surface area (Å²) >= 11 is 0. The summed E-state index contributed by atoms with van der Waals surface area (Å²) in [4.78, 5) is 33.8. The molecule has 0 aromatic heterocycles. The van der Waals surface area contributed by atoms with Gasteiger partial charge in [-0.15, -0.1) is 24.0 Å². The number of carbonyl (C=O) groups is 2. The van der Waals surface area contributed by atoms with E-state index in [2.05, 4.69) is 10.3 Å². The topological polar surface area (TPSA) is 68.2 Å². The van der Waals surface area contributed by atoms with Gasteiger partial charge in [-0.25, -0.2) is 0 Å². The van der Waals surface area contributed by atoms with Gasteiger partial charge < -0.3 is 10.2 Å². The number of halogens is 4. The number of fused-ring (bicyclic) bond motifs is 1. The smallest absolute Gasteiger partial charge is 0.357 e. The number of hydrogen-bond acceptors (Lipinski definition) is 4. The maximum Gasteiger partial charge on any atom is 0.403 e. The standard InChI is InChI=1S/C20H26F3N5O2.HI/c1-3-24-19(27-12-10-26(11-13-27)14(2)20(21,22)23)25-8-9-28-17(29)15-6-4-5-7-16(15)18(28)30;/h4-7,14H,3,8-13H2,1-2H3,(H,24,25);1H. The summed E-state index contributed by atoms with van der Waals surface area (Å²) in [6.07, 6.45) is -4.24. The molecule has 0 saturated carbocycles. The molecule has 2 amide bonds. The van der Waals surface area contributed by atoms with E-state index in [1.165, 1.54) is 16.7 Å². The van der Waals surface area contributed by atoms with E-state index in [1.54, 1.807) is 24.3 Å². The molecular weight excluding hydrogens is 526 g/mol. The highest BCUT2D eigenvalue weighted by molar-refractivity contribution is 14.0. The molecule has 1 fully saturated rings. The number of aliphatic imine (C=N–C) groups is 1. The molecule has 11 heteroatoms. The highest BCUT2D eigenvalue weighted by Gasteiger charge is 2.41. The Hall–Kier alpha value is -1.89. The van der Waals surface area contributed by atoms with E-state index >= 15 is 0 Å². The first-order valence-electron chi connectivity index (χ1n) is 10.0. The lowest BCUT2D eigenvalue weighted by Gasteiger charge is -2.39. The zero-order valence-corrected chi connectivity index (χ0v) is 19.8. The highest BCUT2D eigenvalue weighted by atomic mass is 127. The van der Waals surface area contributed by atoms with E-state index in [9.17, 15) is 22.8 Å². The molecule has 0 aliphatic carbocycles. The fraction of sp³-hybridized carbons (Fsp3) is 0.550. The molecule has 1 atom stereocenters. The highest BCUT2D eigenvalue weighted by Crippen LogP contribution is 2.25. The van der Waals surface area contributed by atoms with Crippen molar-refractivity contribution in [2.24, 2.45) is 4.99 Å². The number of benzene rings is 1. The van der Waals surface area contributed by atoms with Crippen LogP contribution in [0.15, 0.2) is 29.3 Å². The minimum atomic E-state index is -4.24. The summed E-state index contributed by atoms with van der Waals surface area (Å²) in [6, 6.07) is 5.21. The Bertz CT molecular complexity index is 790. The van der Waals surface area contributed by atoms with Gasteiger partial charge in [-0.1, -0.05) is 12.1 Å². The number of hydrogen-bond donors (Lipinski definition) is 1. The van der Waals surface area contributed by atoms with Crippen molar-refractivity contribution in [2.75, 3.05) is 45.8 Å². The van der Waals surface area contributed by atoms with Crippen molar-refractivity contribution in [3.63, 3.8) is 0 Å². The molecule has 1 saturated heterocycles. The molecular formula is C20H27F3IN5O2. The molecule has 0 spiro atoms. The predicted molar refractivity (Wildman–Crippen MR) is 122 cm³/mol. The lowest BCUT2D eigenvalue weighted by molar-refractivity contribution is -0.181. The first-order valence-corrected chi connectivity index (χ1v) is 10.0. The fourth-order valence-electron chi connectivity index (χ4n) is 3.65. The molecule has 1 aromatic carbocycles. The van der Waals surface area contributed by atoms with Gasteiger partial charge in [0.2, 0.25) is 0 Å². The lowest BCUT2D eigenvalue weighted by atomic mass is 10.1. The first-order chi connectivity index (χ1) is 14.2. The van der Waals surface area contributed by atoms with Crippen LogP contribution in [0.3, 0.4) is 0 Å². The Morgan fingerprint density at radius 2 is 1.65 bits per heavy atom. The number of carbonyl (C=O) groups excluding carboxylic acids is 2. The van der Waals surface area contributed by atoms with Crippen LogP contribution in [0.2, 0.25) is 0 Å². The molecule has 2 aliphatic rings. The quantitative estimate of drug-likeness (QED) is 0.263. The van der Waals surface area contributed by atoms with Crippen molar-refractivity contribution >= 4 is 41.8 Å². The average Bonchev–Trinajstić information content (AvgIpc) is 2.97. The second-order valence-corrected chi connectivity index (χ2v) is 7.28. The van der Waals surface area contributed by atoms with Crippen molar-refractivity contribution in [1.29, 1.82) is 0 Å². The third-order valence-electron chi connectivity index (χ3n) is 5.43. The summed E-state index contributed by atoms with van der Waals surface area (Å²) in [7, 11) is 0. The fourth-order valence-corrected chi connectivity index (χ4v) is 3.65. The van der Waals surface area contributed by atoms with Gasteiger partial charge in [0.25, 0.3) is 11.8 Å². The molecule has 2 aliphatic heterocycles. The van der Waals surface area contributed by atoms with Gasteiger partial charge in [0, 0.05) is 39.3 Å². The van der Waals surface area contributed by atoms with Crippen molar-refractivity contribution in [3.8, 4) is 0 Å². The number of nitrogens with zero attached hydrogens (tertiary/aromatic N) is 4. The van der Waals surface area contributed by atoms with Crippen LogP contribution in [0.5, 0.6) is 0 Å². The second kappa shape index (κ2) is 10.6. The summed E-state index contributed by atoms with van der Waals surface area (Å²) < 4.78 is 38.8. The summed E-state index contributed by atoms with van der Waals surface area (Å²) in [5.41, 5.74) is 0.793. The van der Waals surface area contributed by atoms with E-state index in [0.717, 1.165) is 0 Å². The number of piperazine rings is 1. The molecule has 31 heavy (non-hydrogen) atoms. The molecule has 0 bridgehead atoms. The van der Waals surface area contributed by atoms with Crippen LogP contribution in [0.1, 0.15) is 34.6 Å². The minimum absolute atomic E-state index is 0. The van der Waals surface area contributed by atoms with E-state index in [-0.39, 0.29) is 62.0 Å². The van der Waals surface area contributed by atoms with Gasteiger partial charge in [-0.3, -0.25) is 24.4 Å². The van der Waals surface area contributed by atoms with Crippen LogP contribution >= 0.6 is 24.0 Å². The Labute approximate surface area is 196 Å². The molecule has 3 rings (SSSR count). The van der Waals surface area contributed by atoms with Gasteiger partial charge in [-0.05, 0) is 26.0 Å². The Kier molecular flexibility index (Phi) is 8.69. The van der Waals surface area contributed by atoms with Gasteiger partial charge in [0.1, 0.15) is 6.04 Å². The monoisotopic (exact) mass is 553 g/mol. The Morgan fingerprint density at radius 1 is 1.10 bits per heavy atom. The van der Waals surface area contributed by atoms with E-state index in [0.29, 0.717) is 36.7 Å². The van der Waals surface area contributed by atoms with E-state index < -0.39 is 12.2 Å². The molecule has 2 heterocycles. The van der Waals surface area contributed by atoms with Gasteiger partial charge in [0.05, 0.1) is 17.7 Å². The Balaban J connectivity index is 0.00000341. The predicted octanol–water partition coefficient (Wildman–Crippen LogP) is 2.43. The maximum absolute atomic E-state index is 12.9. The number of alkyl halides is 3. The van der Waals surface area contributed by atoms with Gasteiger partial charge >= 0.3 is 6.18 Å². The van der Waals surface area contributed by atoms with Crippen LogP contribution in [0.25, 0.3) is 0 Å². The van der Waals surface area contributed by atoms with Crippen molar-refractivity contribution in [2.45, 2.75) is 26.1 Å².